The molecule has 0 saturated heterocycles. The molecule has 128 valence electrons. The molecule has 0 unspecified atom stereocenters. The van der Waals surface area contributed by atoms with Crippen molar-refractivity contribution in [2.24, 2.45) is 7.05 Å². The molecule has 2 heterocycles. The minimum absolute atomic E-state index is 0.197. The van der Waals surface area contributed by atoms with Gasteiger partial charge in [0.2, 0.25) is 0 Å². The van der Waals surface area contributed by atoms with Crippen LogP contribution < -0.4 is 5.32 Å². The van der Waals surface area contributed by atoms with Gasteiger partial charge in [-0.25, -0.2) is 9.67 Å². The Labute approximate surface area is 149 Å². The Morgan fingerprint density at radius 1 is 1.12 bits per heavy atom. The van der Waals surface area contributed by atoms with Gasteiger partial charge in [0, 0.05) is 41.9 Å². The second-order valence-electron chi connectivity index (χ2n) is 5.68. The number of tetrazole rings is 1. The lowest BCUT2D eigenvalue weighted by Crippen LogP contribution is -2.12. The fourth-order valence-electron chi connectivity index (χ4n) is 2.61. The Hall–Kier alpha value is -3.81. The number of imidazole rings is 1. The number of carbonyl (C=O) groups excluding carboxylic acids is 1. The molecule has 26 heavy (non-hydrogen) atoms. The maximum atomic E-state index is 12.5. The third kappa shape index (κ3) is 3.07. The summed E-state index contributed by atoms with van der Waals surface area (Å²) in [5.74, 6) is 0.404. The lowest BCUT2D eigenvalue weighted by atomic mass is 10.1. The van der Waals surface area contributed by atoms with Crippen molar-refractivity contribution in [2.75, 3.05) is 5.32 Å². The summed E-state index contributed by atoms with van der Waals surface area (Å²) in [6.07, 6.45) is 5.30. The van der Waals surface area contributed by atoms with Crippen LogP contribution in [0.3, 0.4) is 0 Å². The topological polar surface area (TPSA) is 90.5 Å². The van der Waals surface area contributed by atoms with Crippen LogP contribution in [-0.2, 0) is 7.05 Å². The number of rotatable bonds is 4. The first kappa shape index (κ1) is 15.7. The molecule has 4 rings (SSSR count). The number of benzene rings is 2. The molecule has 0 aliphatic carbocycles. The molecular formula is C18H15N7O. The van der Waals surface area contributed by atoms with Crippen LogP contribution in [0.2, 0.25) is 0 Å². The van der Waals surface area contributed by atoms with Crippen molar-refractivity contribution in [1.29, 1.82) is 0 Å². The number of hydrogen-bond acceptors (Lipinski definition) is 5. The van der Waals surface area contributed by atoms with E-state index in [-0.39, 0.29) is 5.91 Å². The SMILES string of the molecule is Cn1nnnc1-c1cccc(C(=O)Nc2ccc(-n3ccnc3)cc2)c1. The highest BCUT2D eigenvalue weighted by molar-refractivity contribution is 6.04. The second-order valence-corrected chi connectivity index (χ2v) is 5.68. The average molecular weight is 345 g/mol. The van der Waals surface area contributed by atoms with Crippen LogP contribution in [0.15, 0.2) is 67.3 Å². The summed E-state index contributed by atoms with van der Waals surface area (Å²) in [5.41, 5.74) is 2.99. The molecule has 1 N–H and O–H groups in total. The Kier molecular flexibility index (Phi) is 3.98. The molecule has 8 heteroatoms. The number of amides is 1. The van der Waals surface area contributed by atoms with E-state index >= 15 is 0 Å². The molecule has 0 aliphatic heterocycles. The molecule has 0 aliphatic rings. The Morgan fingerprint density at radius 3 is 2.65 bits per heavy atom. The Bertz CT molecular complexity index is 1040. The van der Waals surface area contributed by atoms with Gasteiger partial charge in [0.25, 0.3) is 5.91 Å². The third-order valence-electron chi connectivity index (χ3n) is 3.93. The van der Waals surface area contributed by atoms with Crippen molar-refractivity contribution in [3.8, 4) is 17.1 Å². The van der Waals surface area contributed by atoms with Gasteiger partial charge >= 0.3 is 0 Å². The first-order chi connectivity index (χ1) is 12.7. The van der Waals surface area contributed by atoms with E-state index < -0.39 is 0 Å². The van der Waals surface area contributed by atoms with Crippen LogP contribution in [0, 0.1) is 0 Å². The van der Waals surface area contributed by atoms with E-state index in [0.29, 0.717) is 17.1 Å². The highest BCUT2D eigenvalue weighted by atomic mass is 16.1. The smallest absolute Gasteiger partial charge is 0.255 e. The summed E-state index contributed by atoms with van der Waals surface area (Å²) in [6, 6.07) is 14.7. The fraction of sp³-hybridized carbons (Fsp3) is 0.0556. The minimum atomic E-state index is -0.197. The number of anilines is 1. The number of nitrogens with zero attached hydrogens (tertiary/aromatic N) is 6. The number of nitrogens with one attached hydrogen (secondary N) is 1. The zero-order chi connectivity index (χ0) is 17.9. The van der Waals surface area contributed by atoms with E-state index in [1.165, 1.54) is 0 Å². The maximum absolute atomic E-state index is 12.5. The number of hydrogen-bond donors (Lipinski definition) is 1. The summed E-state index contributed by atoms with van der Waals surface area (Å²) in [4.78, 5) is 16.6. The molecule has 0 radical (unpaired) electrons. The lowest BCUT2D eigenvalue weighted by Gasteiger charge is -2.08. The molecule has 0 saturated carbocycles. The summed E-state index contributed by atoms with van der Waals surface area (Å²) in [7, 11) is 1.75. The van der Waals surface area contributed by atoms with E-state index in [1.807, 2.05) is 41.1 Å². The van der Waals surface area contributed by atoms with Crippen molar-refractivity contribution in [3.05, 3.63) is 72.8 Å². The molecule has 0 bridgehead atoms. The molecule has 2 aromatic carbocycles. The number of aromatic nitrogens is 6. The highest BCUT2D eigenvalue weighted by Crippen LogP contribution is 2.18. The molecule has 0 atom stereocenters. The van der Waals surface area contributed by atoms with Gasteiger partial charge in [-0.15, -0.1) is 5.10 Å². The molecular weight excluding hydrogens is 330 g/mol. The van der Waals surface area contributed by atoms with Crippen molar-refractivity contribution in [3.63, 3.8) is 0 Å². The quantitative estimate of drug-likeness (QED) is 0.613. The Balaban J connectivity index is 1.52. The van der Waals surface area contributed by atoms with Gasteiger partial charge in [0.05, 0.1) is 6.33 Å². The first-order valence-corrected chi connectivity index (χ1v) is 7.93. The molecule has 2 aromatic heterocycles. The molecule has 1 amide bonds. The van der Waals surface area contributed by atoms with Crippen molar-refractivity contribution < 1.29 is 4.79 Å². The lowest BCUT2D eigenvalue weighted by molar-refractivity contribution is 0.102. The van der Waals surface area contributed by atoms with Crippen LogP contribution in [0.1, 0.15) is 10.4 Å². The highest BCUT2D eigenvalue weighted by Gasteiger charge is 2.11. The number of carbonyl (C=O) groups is 1. The van der Waals surface area contributed by atoms with E-state index in [0.717, 1.165) is 11.3 Å². The molecule has 0 spiro atoms. The maximum Gasteiger partial charge on any atom is 0.255 e. The monoisotopic (exact) mass is 345 g/mol. The largest absolute Gasteiger partial charge is 0.322 e. The van der Waals surface area contributed by atoms with Crippen molar-refractivity contribution in [2.45, 2.75) is 0 Å². The fourth-order valence-corrected chi connectivity index (χ4v) is 2.61. The van der Waals surface area contributed by atoms with Crippen LogP contribution in [0.25, 0.3) is 17.1 Å². The standard InChI is InChI=1S/C18H15N7O/c1-24-17(21-22-23-24)13-3-2-4-14(11-13)18(26)20-15-5-7-16(8-6-15)25-10-9-19-12-25/h2-12H,1H3,(H,20,26). The van der Waals surface area contributed by atoms with Gasteiger partial charge < -0.3 is 9.88 Å². The van der Waals surface area contributed by atoms with Gasteiger partial charge in [-0.1, -0.05) is 12.1 Å². The minimum Gasteiger partial charge on any atom is -0.322 e. The van der Waals surface area contributed by atoms with Gasteiger partial charge in [-0.05, 0) is 46.8 Å². The number of aryl methyl sites for hydroxylation is 1. The zero-order valence-corrected chi connectivity index (χ0v) is 13.9. The third-order valence-corrected chi connectivity index (χ3v) is 3.93. The summed E-state index contributed by atoms with van der Waals surface area (Å²) in [5, 5.41) is 14.3. The predicted molar refractivity (Wildman–Crippen MR) is 95.8 cm³/mol. The van der Waals surface area contributed by atoms with E-state index in [2.05, 4.69) is 25.8 Å². The normalized spacial score (nSPS) is 10.7. The average Bonchev–Trinajstić information content (AvgIpc) is 3.34. The molecule has 0 fully saturated rings. The second kappa shape index (κ2) is 6.60. The van der Waals surface area contributed by atoms with Crippen LogP contribution >= 0.6 is 0 Å². The van der Waals surface area contributed by atoms with E-state index in [4.69, 9.17) is 0 Å². The van der Waals surface area contributed by atoms with Gasteiger partial charge in [0.1, 0.15) is 0 Å². The van der Waals surface area contributed by atoms with Gasteiger partial charge in [-0.2, -0.15) is 0 Å². The van der Waals surface area contributed by atoms with Gasteiger partial charge in [-0.3, -0.25) is 4.79 Å². The summed E-state index contributed by atoms with van der Waals surface area (Å²) >= 11 is 0. The van der Waals surface area contributed by atoms with Gasteiger partial charge in [0.15, 0.2) is 5.82 Å². The van der Waals surface area contributed by atoms with E-state index in [1.54, 1.807) is 42.5 Å². The molecule has 8 nitrogen and oxygen atoms in total. The zero-order valence-electron chi connectivity index (χ0n) is 13.9. The van der Waals surface area contributed by atoms with E-state index in [9.17, 15) is 4.79 Å². The van der Waals surface area contributed by atoms with Crippen molar-refractivity contribution in [1.82, 2.24) is 29.8 Å². The summed E-state index contributed by atoms with van der Waals surface area (Å²) < 4.78 is 3.45. The van der Waals surface area contributed by atoms with Crippen LogP contribution in [0.4, 0.5) is 5.69 Å². The molecule has 4 aromatic rings. The van der Waals surface area contributed by atoms with Crippen molar-refractivity contribution >= 4 is 11.6 Å². The Morgan fingerprint density at radius 2 is 1.96 bits per heavy atom. The van der Waals surface area contributed by atoms with Crippen LogP contribution in [0.5, 0.6) is 0 Å². The predicted octanol–water partition coefficient (Wildman–Crippen LogP) is 2.32. The van der Waals surface area contributed by atoms with Crippen LogP contribution in [-0.4, -0.2) is 35.7 Å². The summed E-state index contributed by atoms with van der Waals surface area (Å²) in [6.45, 7) is 0. The first-order valence-electron chi connectivity index (χ1n) is 7.93.